The van der Waals surface area contributed by atoms with Gasteiger partial charge in [-0.25, -0.2) is 23.5 Å². The van der Waals surface area contributed by atoms with Gasteiger partial charge in [0.15, 0.2) is 0 Å². The molecule has 10 heteroatoms. The van der Waals surface area contributed by atoms with Crippen molar-refractivity contribution in [2.24, 2.45) is 0 Å². The first-order chi connectivity index (χ1) is 16.6. The van der Waals surface area contributed by atoms with Gasteiger partial charge in [-0.15, -0.1) is 0 Å². The second-order valence-electron chi connectivity index (χ2n) is 8.68. The number of nitrogens with one attached hydrogen (secondary N) is 1. The monoisotopic (exact) mass is 478 g/mol. The summed E-state index contributed by atoms with van der Waals surface area (Å²) in [6.45, 7) is 5.26. The summed E-state index contributed by atoms with van der Waals surface area (Å²) in [5.41, 5.74) is 0.947. The number of rotatable bonds is 5. The van der Waals surface area contributed by atoms with E-state index in [1.165, 1.54) is 54.4 Å². The summed E-state index contributed by atoms with van der Waals surface area (Å²) in [7, 11) is 1.42. The first kappa shape index (κ1) is 23.7. The molecule has 4 aromatic rings. The summed E-state index contributed by atoms with van der Waals surface area (Å²) in [6, 6.07) is 10.1. The van der Waals surface area contributed by atoms with Crippen LogP contribution < -0.4 is 10.1 Å². The number of hydrogen-bond acceptors (Lipinski definition) is 7. The number of benzene rings is 2. The third-order valence-electron chi connectivity index (χ3n) is 4.95. The number of carbonyl (C=O) groups is 2. The number of halogens is 1. The Morgan fingerprint density at radius 3 is 2.54 bits per heavy atom. The van der Waals surface area contributed by atoms with Gasteiger partial charge in [0.25, 0.3) is 0 Å². The molecule has 0 bridgehead atoms. The van der Waals surface area contributed by atoms with Crippen LogP contribution in [0.3, 0.4) is 0 Å². The van der Waals surface area contributed by atoms with Gasteiger partial charge in [0.05, 0.1) is 42.0 Å². The van der Waals surface area contributed by atoms with E-state index in [0.29, 0.717) is 39.5 Å². The molecule has 0 atom stereocenters. The highest BCUT2D eigenvalue weighted by Gasteiger charge is 2.24. The minimum absolute atomic E-state index is 0.0707. The van der Waals surface area contributed by atoms with Crippen molar-refractivity contribution in [3.63, 3.8) is 0 Å². The largest absolute Gasteiger partial charge is 0.495 e. The van der Waals surface area contributed by atoms with Gasteiger partial charge in [-0.05, 0) is 63.2 Å². The van der Waals surface area contributed by atoms with E-state index in [0.717, 1.165) is 0 Å². The minimum atomic E-state index is -1.08. The Bertz CT molecular complexity index is 1440. The lowest BCUT2D eigenvalue weighted by molar-refractivity contribution is 0.0546. The molecule has 0 radical (unpaired) electrons. The van der Waals surface area contributed by atoms with Crippen LogP contribution in [-0.4, -0.2) is 44.4 Å². The molecule has 180 valence electrons. The van der Waals surface area contributed by atoms with Crippen LogP contribution in [0.15, 0.2) is 54.9 Å². The number of hydrogen-bond donors (Lipinski definition) is 2. The van der Waals surface area contributed by atoms with Gasteiger partial charge in [-0.2, -0.15) is 0 Å². The minimum Gasteiger partial charge on any atom is -0.495 e. The molecule has 0 amide bonds. The fourth-order valence-corrected chi connectivity index (χ4v) is 3.49. The quantitative estimate of drug-likeness (QED) is 0.388. The van der Waals surface area contributed by atoms with Crippen molar-refractivity contribution in [2.45, 2.75) is 26.4 Å². The maximum absolute atomic E-state index is 13.9. The maximum atomic E-state index is 13.9. The number of fused-ring (bicyclic) bond motifs is 1. The summed E-state index contributed by atoms with van der Waals surface area (Å²) in [4.78, 5) is 33.1. The molecule has 0 saturated heterocycles. The number of carbonyl (C=O) groups excluding carboxylic acids is 1. The smallest absolute Gasteiger partial charge is 0.419 e. The van der Waals surface area contributed by atoms with E-state index >= 15 is 0 Å². The highest BCUT2D eigenvalue weighted by molar-refractivity contribution is 5.96. The lowest BCUT2D eigenvalue weighted by Gasteiger charge is -2.21. The molecule has 4 rings (SSSR count). The zero-order chi connectivity index (χ0) is 25.3. The third-order valence-corrected chi connectivity index (χ3v) is 4.95. The molecule has 0 fully saturated rings. The summed E-state index contributed by atoms with van der Waals surface area (Å²) in [6.07, 6.45) is 2.30. The Morgan fingerprint density at radius 1 is 1.09 bits per heavy atom. The summed E-state index contributed by atoms with van der Waals surface area (Å²) >= 11 is 0. The fraction of sp³-hybridized carbons (Fsp3) is 0.200. The molecular weight excluding hydrogens is 455 g/mol. The Labute approximate surface area is 200 Å². The van der Waals surface area contributed by atoms with Crippen LogP contribution in [0.25, 0.3) is 22.3 Å². The number of aromatic carboxylic acids is 1. The normalized spacial score (nSPS) is 11.3. The van der Waals surface area contributed by atoms with Crippen LogP contribution in [0.2, 0.25) is 0 Å². The number of ether oxygens (including phenoxy) is 2. The number of carboxylic acids is 1. The fourth-order valence-electron chi connectivity index (χ4n) is 3.49. The molecule has 0 aliphatic heterocycles. The van der Waals surface area contributed by atoms with Gasteiger partial charge in [-0.1, -0.05) is 0 Å². The molecule has 2 N–H and O–H groups in total. The second kappa shape index (κ2) is 9.05. The SMILES string of the molecule is COc1cc(C(=O)O)ccc1Nc1cncc(-c2cc3cc(F)ccc3n2C(=O)OC(C)(C)C)n1. The van der Waals surface area contributed by atoms with E-state index < -0.39 is 23.5 Å². The Balaban J connectivity index is 1.77. The van der Waals surface area contributed by atoms with Crippen LogP contribution >= 0.6 is 0 Å². The van der Waals surface area contributed by atoms with E-state index in [9.17, 15) is 19.1 Å². The molecule has 0 spiro atoms. The number of aromatic nitrogens is 3. The zero-order valence-electron chi connectivity index (χ0n) is 19.5. The summed E-state index contributed by atoms with van der Waals surface area (Å²) in [5.74, 6) is -0.904. The van der Waals surface area contributed by atoms with Crippen molar-refractivity contribution in [1.82, 2.24) is 14.5 Å². The average Bonchev–Trinajstić information content (AvgIpc) is 3.17. The van der Waals surface area contributed by atoms with Crippen LogP contribution in [0, 0.1) is 5.82 Å². The van der Waals surface area contributed by atoms with E-state index in [4.69, 9.17) is 9.47 Å². The van der Waals surface area contributed by atoms with Gasteiger partial charge in [0.1, 0.15) is 28.7 Å². The number of anilines is 2. The summed E-state index contributed by atoms with van der Waals surface area (Å²) in [5, 5.41) is 12.8. The molecule has 0 aliphatic carbocycles. The van der Waals surface area contributed by atoms with Gasteiger partial charge < -0.3 is 19.9 Å². The van der Waals surface area contributed by atoms with Crippen molar-refractivity contribution in [3.05, 3.63) is 66.2 Å². The molecule has 0 saturated carbocycles. The lowest BCUT2D eigenvalue weighted by Crippen LogP contribution is -2.27. The van der Waals surface area contributed by atoms with E-state index in [2.05, 4.69) is 15.3 Å². The molecule has 2 aromatic heterocycles. The van der Waals surface area contributed by atoms with Crippen LogP contribution in [0.4, 0.5) is 20.7 Å². The van der Waals surface area contributed by atoms with Crippen LogP contribution in [-0.2, 0) is 4.74 Å². The van der Waals surface area contributed by atoms with Gasteiger partial charge >= 0.3 is 12.1 Å². The lowest BCUT2D eigenvalue weighted by atomic mass is 10.2. The van der Waals surface area contributed by atoms with E-state index in [-0.39, 0.29) is 5.56 Å². The highest BCUT2D eigenvalue weighted by Crippen LogP contribution is 2.31. The van der Waals surface area contributed by atoms with Gasteiger partial charge in [0.2, 0.25) is 0 Å². The Morgan fingerprint density at radius 2 is 1.86 bits per heavy atom. The van der Waals surface area contributed by atoms with Crippen LogP contribution in [0.1, 0.15) is 31.1 Å². The molecule has 9 nitrogen and oxygen atoms in total. The van der Waals surface area contributed by atoms with E-state index in [1.54, 1.807) is 32.9 Å². The van der Waals surface area contributed by atoms with Crippen molar-refractivity contribution in [3.8, 4) is 17.1 Å². The molecule has 0 unspecified atom stereocenters. The van der Waals surface area contributed by atoms with Gasteiger partial charge in [-0.3, -0.25) is 4.98 Å². The first-order valence-corrected chi connectivity index (χ1v) is 10.6. The average molecular weight is 478 g/mol. The number of nitrogens with zero attached hydrogens (tertiary/aromatic N) is 3. The molecule has 0 aliphatic rings. The second-order valence-corrected chi connectivity index (χ2v) is 8.68. The molecular formula is C25H23FN4O5. The van der Waals surface area contributed by atoms with Crippen molar-refractivity contribution in [2.75, 3.05) is 12.4 Å². The Hall–Kier alpha value is -4.47. The summed E-state index contributed by atoms with van der Waals surface area (Å²) < 4.78 is 26.1. The topological polar surface area (TPSA) is 116 Å². The number of methoxy groups -OCH3 is 1. The standard InChI is InChI=1S/C25H23FN4O5/c1-25(2,3)35-24(33)30-19-8-6-16(26)9-15(19)10-20(30)18-12-27-13-22(29-18)28-17-7-5-14(23(31)32)11-21(17)34-4/h5-13H,1-4H3,(H,28,29)(H,31,32). The van der Waals surface area contributed by atoms with Crippen molar-refractivity contribution < 1.29 is 28.6 Å². The van der Waals surface area contributed by atoms with E-state index in [1.807, 2.05) is 0 Å². The van der Waals surface area contributed by atoms with Crippen molar-refractivity contribution in [1.29, 1.82) is 0 Å². The molecule has 2 heterocycles. The van der Waals surface area contributed by atoms with Crippen molar-refractivity contribution >= 4 is 34.5 Å². The number of carboxylic acid groups (broad SMARTS) is 1. The zero-order valence-corrected chi connectivity index (χ0v) is 19.5. The molecule has 2 aromatic carbocycles. The maximum Gasteiger partial charge on any atom is 0.419 e. The molecule has 35 heavy (non-hydrogen) atoms. The predicted octanol–water partition coefficient (Wildman–Crippen LogP) is 5.47. The first-order valence-electron chi connectivity index (χ1n) is 10.6. The van der Waals surface area contributed by atoms with Crippen LogP contribution in [0.5, 0.6) is 5.75 Å². The highest BCUT2D eigenvalue weighted by atomic mass is 19.1. The third kappa shape index (κ3) is 5.06. The predicted molar refractivity (Wildman–Crippen MR) is 128 cm³/mol. The van der Waals surface area contributed by atoms with Gasteiger partial charge in [0, 0.05) is 5.39 Å². The Kier molecular flexibility index (Phi) is 6.12.